The van der Waals surface area contributed by atoms with Gasteiger partial charge < -0.3 is 9.47 Å². The Morgan fingerprint density at radius 1 is 1.28 bits per heavy atom. The summed E-state index contributed by atoms with van der Waals surface area (Å²) in [5.41, 5.74) is 0.642. The van der Waals surface area contributed by atoms with Crippen LogP contribution in [0.15, 0.2) is 30.3 Å². The van der Waals surface area contributed by atoms with Crippen LogP contribution in [-0.2, 0) is 29.9 Å². The molecule has 18 heavy (non-hydrogen) atoms. The summed E-state index contributed by atoms with van der Waals surface area (Å²) in [4.78, 5) is 11.5. The van der Waals surface area contributed by atoms with Gasteiger partial charge in [-0.25, -0.2) is 8.42 Å². The van der Waals surface area contributed by atoms with E-state index in [-0.39, 0.29) is 12.5 Å². The molecule has 0 bridgehead atoms. The lowest BCUT2D eigenvalue weighted by atomic mass is 10.2. The van der Waals surface area contributed by atoms with Gasteiger partial charge in [-0.3, -0.25) is 4.79 Å². The van der Waals surface area contributed by atoms with Crippen molar-refractivity contribution in [2.24, 2.45) is 0 Å². The van der Waals surface area contributed by atoms with Crippen LogP contribution in [0.2, 0.25) is 0 Å². The number of rotatable bonds is 6. The standard InChI is InChI=1S/C12H16O5S/c1-10(12(13)17-9-16-2)18(14,15)8-11-6-4-3-5-7-11/h3-7,10H,8-9H2,1-2H3. The molecule has 0 fully saturated rings. The molecule has 1 rings (SSSR count). The van der Waals surface area contributed by atoms with Gasteiger partial charge in [-0.05, 0) is 12.5 Å². The van der Waals surface area contributed by atoms with E-state index in [0.717, 1.165) is 0 Å². The molecule has 0 aliphatic heterocycles. The third-order valence-electron chi connectivity index (χ3n) is 2.40. The number of esters is 1. The summed E-state index contributed by atoms with van der Waals surface area (Å²) in [5, 5.41) is -1.20. The summed E-state index contributed by atoms with van der Waals surface area (Å²) in [6.07, 6.45) is 0. The summed E-state index contributed by atoms with van der Waals surface area (Å²) in [5.74, 6) is -0.982. The van der Waals surface area contributed by atoms with Crippen LogP contribution in [0.25, 0.3) is 0 Å². The van der Waals surface area contributed by atoms with Gasteiger partial charge in [-0.2, -0.15) is 0 Å². The largest absolute Gasteiger partial charge is 0.438 e. The minimum Gasteiger partial charge on any atom is -0.438 e. The van der Waals surface area contributed by atoms with Crippen molar-refractivity contribution in [1.82, 2.24) is 0 Å². The zero-order valence-electron chi connectivity index (χ0n) is 10.3. The summed E-state index contributed by atoms with van der Waals surface area (Å²) in [6, 6.07) is 8.69. The number of ether oxygens (including phenoxy) is 2. The van der Waals surface area contributed by atoms with Gasteiger partial charge in [0, 0.05) is 7.11 Å². The van der Waals surface area contributed by atoms with Crippen molar-refractivity contribution < 1.29 is 22.7 Å². The Bertz CT molecular complexity index is 480. The van der Waals surface area contributed by atoms with Gasteiger partial charge in [0.25, 0.3) is 0 Å². The number of benzene rings is 1. The maximum atomic E-state index is 12.0. The maximum absolute atomic E-state index is 12.0. The molecule has 0 aliphatic rings. The third-order valence-corrected chi connectivity index (χ3v) is 4.41. The second-order valence-electron chi connectivity index (χ2n) is 3.80. The van der Waals surface area contributed by atoms with Gasteiger partial charge >= 0.3 is 5.97 Å². The monoisotopic (exact) mass is 272 g/mol. The molecule has 0 aromatic heterocycles. The Morgan fingerprint density at radius 3 is 2.44 bits per heavy atom. The summed E-state index contributed by atoms with van der Waals surface area (Å²) < 4.78 is 33.1. The number of sulfone groups is 1. The molecule has 0 aliphatic carbocycles. The van der Waals surface area contributed by atoms with Crippen LogP contribution in [-0.4, -0.2) is 33.5 Å². The number of carbonyl (C=O) groups excluding carboxylic acids is 1. The van der Waals surface area contributed by atoms with E-state index >= 15 is 0 Å². The van der Waals surface area contributed by atoms with Gasteiger partial charge in [-0.15, -0.1) is 0 Å². The first-order chi connectivity index (χ1) is 8.47. The Balaban J connectivity index is 2.71. The van der Waals surface area contributed by atoms with Crippen molar-refractivity contribution in [3.8, 4) is 0 Å². The van der Waals surface area contributed by atoms with Crippen molar-refractivity contribution in [2.45, 2.75) is 17.9 Å². The molecule has 1 unspecified atom stereocenters. The van der Waals surface area contributed by atoms with Crippen LogP contribution in [0, 0.1) is 0 Å². The lowest BCUT2D eigenvalue weighted by Crippen LogP contribution is -2.30. The van der Waals surface area contributed by atoms with Crippen LogP contribution in [0.5, 0.6) is 0 Å². The first-order valence-electron chi connectivity index (χ1n) is 5.38. The molecule has 0 saturated heterocycles. The molecular formula is C12H16O5S. The van der Waals surface area contributed by atoms with Crippen molar-refractivity contribution in [3.63, 3.8) is 0 Å². The molecule has 0 saturated carbocycles. The quantitative estimate of drug-likeness (QED) is 0.573. The first kappa shape index (κ1) is 14.7. The van der Waals surface area contributed by atoms with Gasteiger partial charge in [0.15, 0.2) is 21.9 Å². The topological polar surface area (TPSA) is 69.7 Å². The predicted molar refractivity (Wildman–Crippen MR) is 66.5 cm³/mol. The number of hydrogen-bond donors (Lipinski definition) is 0. The molecule has 5 nitrogen and oxygen atoms in total. The fourth-order valence-corrected chi connectivity index (χ4v) is 2.58. The molecular weight excluding hydrogens is 256 g/mol. The number of carbonyl (C=O) groups is 1. The van der Waals surface area contributed by atoms with Gasteiger partial charge in [0.05, 0.1) is 5.75 Å². The van der Waals surface area contributed by atoms with E-state index in [1.165, 1.54) is 14.0 Å². The molecule has 0 spiro atoms. The second-order valence-corrected chi connectivity index (χ2v) is 6.13. The van der Waals surface area contributed by atoms with Crippen LogP contribution in [0.1, 0.15) is 12.5 Å². The van der Waals surface area contributed by atoms with Crippen LogP contribution >= 0.6 is 0 Å². The molecule has 6 heteroatoms. The van der Waals surface area contributed by atoms with Gasteiger partial charge in [0.1, 0.15) is 0 Å². The van der Waals surface area contributed by atoms with Crippen molar-refractivity contribution >= 4 is 15.8 Å². The SMILES string of the molecule is COCOC(=O)C(C)S(=O)(=O)Cc1ccccc1. The van der Waals surface area contributed by atoms with E-state index in [1.54, 1.807) is 30.3 Å². The van der Waals surface area contributed by atoms with Gasteiger partial charge in [-0.1, -0.05) is 30.3 Å². The molecule has 1 aromatic rings. The fraction of sp³-hybridized carbons (Fsp3) is 0.417. The summed E-state index contributed by atoms with van der Waals surface area (Å²) in [6.45, 7) is 1.07. The van der Waals surface area contributed by atoms with E-state index in [4.69, 9.17) is 0 Å². The molecule has 1 atom stereocenters. The average molecular weight is 272 g/mol. The van der Waals surface area contributed by atoms with E-state index in [2.05, 4.69) is 9.47 Å². The molecule has 0 heterocycles. The summed E-state index contributed by atoms with van der Waals surface area (Å²) in [7, 11) is -2.22. The number of hydrogen-bond acceptors (Lipinski definition) is 5. The van der Waals surface area contributed by atoms with Crippen LogP contribution in [0.4, 0.5) is 0 Å². The minimum atomic E-state index is -3.57. The minimum absolute atomic E-state index is 0.183. The predicted octanol–water partition coefficient (Wildman–Crippen LogP) is 1.14. The van der Waals surface area contributed by atoms with E-state index in [1.807, 2.05) is 0 Å². The van der Waals surface area contributed by atoms with Crippen molar-refractivity contribution in [2.75, 3.05) is 13.9 Å². The van der Waals surface area contributed by atoms with E-state index < -0.39 is 21.1 Å². The normalized spacial score (nSPS) is 13.0. The van der Waals surface area contributed by atoms with Crippen molar-refractivity contribution in [3.05, 3.63) is 35.9 Å². The Morgan fingerprint density at radius 2 is 1.89 bits per heavy atom. The number of methoxy groups -OCH3 is 1. The highest BCUT2D eigenvalue weighted by molar-refractivity contribution is 7.92. The fourth-order valence-electron chi connectivity index (χ4n) is 1.31. The molecule has 0 amide bonds. The van der Waals surface area contributed by atoms with Crippen molar-refractivity contribution in [1.29, 1.82) is 0 Å². The highest BCUT2D eigenvalue weighted by atomic mass is 32.2. The second kappa shape index (κ2) is 6.51. The Kier molecular flexibility index (Phi) is 5.30. The zero-order chi connectivity index (χ0) is 13.6. The highest BCUT2D eigenvalue weighted by Gasteiger charge is 2.29. The Hall–Kier alpha value is -1.40. The van der Waals surface area contributed by atoms with Gasteiger partial charge in [0.2, 0.25) is 0 Å². The first-order valence-corrected chi connectivity index (χ1v) is 7.10. The zero-order valence-corrected chi connectivity index (χ0v) is 11.1. The highest BCUT2D eigenvalue weighted by Crippen LogP contribution is 2.12. The maximum Gasteiger partial charge on any atom is 0.326 e. The smallest absolute Gasteiger partial charge is 0.326 e. The lowest BCUT2D eigenvalue weighted by Gasteiger charge is -2.12. The average Bonchev–Trinajstić information content (AvgIpc) is 2.35. The van der Waals surface area contributed by atoms with Crippen LogP contribution < -0.4 is 0 Å². The molecule has 1 aromatic carbocycles. The summed E-state index contributed by atoms with van der Waals surface area (Å²) >= 11 is 0. The molecule has 100 valence electrons. The molecule has 0 N–H and O–H groups in total. The Labute approximate surface area is 107 Å². The third kappa shape index (κ3) is 4.12. The molecule has 0 radical (unpaired) electrons. The van der Waals surface area contributed by atoms with E-state index in [9.17, 15) is 13.2 Å². The van der Waals surface area contributed by atoms with Crippen LogP contribution in [0.3, 0.4) is 0 Å². The van der Waals surface area contributed by atoms with E-state index in [0.29, 0.717) is 5.56 Å². The lowest BCUT2D eigenvalue weighted by molar-refractivity contribution is -0.153.